The van der Waals surface area contributed by atoms with Gasteiger partial charge in [0.1, 0.15) is 6.61 Å². The number of alkyl carbamates (subject to hydrolysis) is 1. The SMILES string of the molecule is CCCOOC=NCCSCSCSCCNC(=O)OCCSCSCSCCN=COOCCCO. The average Bonchev–Trinajstić information content (AvgIpc) is 2.90. The summed E-state index contributed by atoms with van der Waals surface area (Å²) in [6, 6.07) is 0. The van der Waals surface area contributed by atoms with Gasteiger partial charge in [-0.3, -0.25) is 9.98 Å². The number of rotatable bonds is 29. The summed E-state index contributed by atoms with van der Waals surface area (Å²) in [7, 11) is 0. The van der Waals surface area contributed by atoms with Crippen molar-refractivity contribution < 1.29 is 34.2 Å². The van der Waals surface area contributed by atoms with Gasteiger partial charge in [-0.2, -0.15) is 9.78 Å². The van der Waals surface area contributed by atoms with Gasteiger partial charge in [0.25, 0.3) is 0 Å². The fraction of sp³-hybridized carbons (Fsp3) is 0.857. The molecule has 37 heavy (non-hydrogen) atoms. The Morgan fingerprint density at radius 3 is 1.95 bits per heavy atom. The van der Waals surface area contributed by atoms with Crippen LogP contribution in [-0.2, 0) is 24.3 Å². The largest absolute Gasteiger partial charge is 0.449 e. The summed E-state index contributed by atoms with van der Waals surface area (Å²) in [6.07, 6.45) is 3.76. The van der Waals surface area contributed by atoms with Gasteiger partial charge in [-0.25, -0.2) is 4.79 Å². The molecule has 0 unspecified atom stereocenters. The summed E-state index contributed by atoms with van der Waals surface area (Å²) in [4.78, 5) is 39.0. The molecule has 10 nitrogen and oxygen atoms in total. The van der Waals surface area contributed by atoms with E-state index in [2.05, 4.69) is 15.3 Å². The van der Waals surface area contributed by atoms with Gasteiger partial charge >= 0.3 is 6.09 Å². The fourth-order valence-corrected chi connectivity index (χ4v) is 8.23. The lowest BCUT2D eigenvalue weighted by atomic mass is 10.5. The standard InChI is InChI=1S/C21H41N3O7S6/c1-2-8-28-30-15-22-4-11-32-17-36-19-34-13-6-24-21(26)27-10-14-35-20-37-18-33-12-5-23-16-31-29-9-3-7-25/h15-16,25H,2-14,17-20H2,1H3,(H,24,26). The molecule has 0 aliphatic carbocycles. The maximum atomic E-state index is 11.7. The van der Waals surface area contributed by atoms with Crippen LogP contribution in [-0.4, -0.2) is 113 Å². The average molecular weight is 640 g/mol. The Morgan fingerprint density at radius 1 is 0.784 bits per heavy atom. The Bertz CT molecular complexity index is 543. The number of thioether (sulfide) groups is 6. The normalized spacial score (nSPS) is 11.4. The molecular weight excluding hydrogens is 599 g/mol. The lowest BCUT2D eigenvalue weighted by molar-refractivity contribution is -0.218. The molecule has 2 N–H and O–H groups in total. The van der Waals surface area contributed by atoms with E-state index in [4.69, 9.17) is 29.4 Å². The highest BCUT2D eigenvalue weighted by Gasteiger charge is 2.01. The molecule has 0 radical (unpaired) electrons. The summed E-state index contributed by atoms with van der Waals surface area (Å²) in [5, 5.41) is 15.3. The Kier molecular flexibility index (Phi) is 34.4. The second-order valence-electron chi connectivity index (χ2n) is 6.51. The molecule has 0 saturated carbocycles. The summed E-state index contributed by atoms with van der Waals surface area (Å²) in [6.45, 7) is 5.44. The van der Waals surface area contributed by atoms with Gasteiger partial charge in [0.2, 0.25) is 12.8 Å². The zero-order chi connectivity index (χ0) is 26.9. The molecule has 218 valence electrons. The molecular formula is C21H41N3O7S6. The van der Waals surface area contributed by atoms with Gasteiger partial charge < -0.3 is 24.9 Å². The van der Waals surface area contributed by atoms with Gasteiger partial charge in [0.05, 0.1) is 26.3 Å². The highest BCUT2D eigenvalue weighted by atomic mass is 32.2. The van der Waals surface area contributed by atoms with E-state index < -0.39 is 0 Å². The Balaban J connectivity index is 3.21. The van der Waals surface area contributed by atoms with Gasteiger partial charge in [0.15, 0.2) is 0 Å². The molecule has 1 amide bonds. The molecule has 0 aliphatic heterocycles. The summed E-state index contributed by atoms with van der Waals surface area (Å²) in [5.41, 5.74) is 0. The van der Waals surface area contributed by atoms with Crippen LogP contribution in [0.5, 0.6) is 0 Å². The van der Waals surface area contributed by atoms with Crippen LogP contribution in [0.2, 0.25) is 0 Å². The first-order valence-electron chi connectivity index (χ1n) is 11.8. The van der Waals surface area contributed by atoms with Crippen molar-refractivity contribution in [2.24, 2.45) is 9.98 Å². The molecule has 0 rings (SSSR count). The number of carbonyl (C=O) groups excluding carboxylic acids is 1. The van der Waals surface area contributed by atoms with Crippen LogP contribution in [0.15, 0.2) is 9.98 Å². The summed E-state index contributed by atoms with van der Waals surface area (Å²) < 4.78 is 5.19. The van der Waals surface area contributed by atoms with Crippen molar-refractivity contribution in [2.45, 2.75) is 19.8 Å². The number of aliphatic imine (C=N–C) groups is 2. The maximum Gasteiger partial charge on any atom is 0.407 e. The van der Waals surface area contributed by atoms with Crippen LogP contribution in [0.3, 0.4) is 0 Å². The van der Waals surface area contributed by atoms with E-state index in [1.165, 1.54) is 12.8 Å². The van der Waals surface area contributed by atoms with E-state index in [1.807, 2.05) is 54.0 Å². The van der Waals surface area contributed by atoms with E-state index in [0.29, 0.717) is 45.9 Å². The van der Waals surface area contributed by atoms with Crippen molar-refractivity contribution in [1.82, 2.24) is 5.32 Å². The first kappa shape index (κ1) is 37.2. The highest BCUT2D eigenvalue weighted by Crippen LogP contribution is 2.18. The molecule has 0 atom stereocenters. The van der Waals surface area contributed by atoms with Crippen LogP contribution in [0.4, 0.5) is 4.79 Å². The van der Waals surface area contributed by atoms with Crippen LogP contribution < -0.4 is 5.32 Å². The molecule has 16 heteroatoms. The van der Waals surface area contributed by atoms with Gasteiger partial charge in [-0.05, 0) is 12.8 Å². The van der Waals surface area contributed by atoms with E-state index in [0.717, 1.165) is 49.8 Å². The highest BCUT2D eigenvalue weighted by molar-refractivity contribution is 8.23. The topological polar surface area (TPSA) is 120 Å². The third-order valence-corrected chi connectivity index (χ3v) is 10.6. The van der Waals surface area contributed by atoms with Crippen molar-refractivity contribution in [2.75, 3.05) is 89.4 Å². The minimum atomic E-state index is -0.347. The van der Waals surface area contributed by atoms with E-state index in [1.54, 1.807) is 23.5 Å². The molecule has 0 fully saturated rings. The molecule has 0 spiro atoms. The summed E-state index contributed by atoms with van der Waals surface area (Å²) >= 11 is 10.9. The Labute approximate surface area is 246 Å². The number of nitrogens with zero attached hydrogens (tertiary/aromatic N) is 2. The zero-order valence-corrected chi connectivity index (χ0v) is 26.3. The van der Waals surface area contributed by atoms with Gasteiger partial charge in [0, 0.05) is 56.5 Å². The predicted octanol–water partition coefficient (Wildman–Crippen LogP) is 4.69. The van der Waals surface area contributed by atoms with E-state index in [9.17, 15) is 4.79 Å². The first-order chi connectivity index (χ1) is 18.3. The van der Waals surface area contributed by atoms with Crippen molar-refractivity contribution in [1.29, 1.82) is 0 Å². The lowest BCUT2D eigenvalue weighted by Crippen LogP contribution is -2.27. The number of aliphatic hydroxyl groups is 1. The molecule has 0 heterocycles. The number of amides is 1. The van der Waals surface area contributed by atoms with E-state index in [-0.39, 0.29) is 12.7 Å². The second-order valence-corrected chi connectivity index (χ2v) is 14.4. The van der Waals surface area contributed by atoms with Crippen LogP contribution in [0.1, 0.15) is 19.8 Å². The minimum absolute atomic E-state index is 0.0842. The monoisotopic (exact) mass is 639 g/mol. The second kappa shape index (κ2) is 34.2. The van der Waals surface area contributed by atoms with Crippen molar-refractivity contribution >= 4 is 89.5 Å². The molecule has 0 bridgehead atoms. The first-order valence-corrected chi connectivity index (χ1v) is 18.7. The maximum absolute atomic E-state index is 11.7. The number of hydrogen-bond acceptors (Lipinski definition) is 15. The third kappa shape index (κ3) is 34.2. The molecule has 0 aromatic carbocycles. The quantitative estimate of drug-likeness (QED) is 0.0294. The Hall–Kier alpha value is 0.190. The predicted molar refractivity (Wildman–Crippen MR) is 167 cm³/mol. The van der Waals surface area contributed by atoms with Crippen molar-refractivity contribution in [3.05, 3.63) is 0 Å². The van der Waals surface area contributed by atoms with E-state index >= 15 is 0 Å². The smallest absolute Gasteiger partial charge is 0.407 e. The fourth-order valence-electron chi connectivity index (χ4n) is 1.77. The van der Waals surface area contributed by atoms with Crippen LogP contribution in [0, 0.1) is 0 Å². The number of aliphatic hydroxyl groups excluding tert-OH is 1. The molecule has 0 saturated heterocycles. The van der Waals surface area contributed by atoms with Gasteiger partial charge in [-0.1, -0.05) is 6.92 Å². The Morgan fingerprint density at radius 2 is 1.35 bits per heavy atom. The van der Waals surface area contributed by atoms with Crippen LogP contribution >= 0.6 is 70.6 Å². The van der Waals surface area contributed by atoms with Crippen molar-refractivity contribution in [3.8, 4) is 0 Å². The van der Waals surface area contributed by atoms with Gasteiger partial charge in [-0.15, -0.1) is 70.6 Å². The third-order valence-electron chi connectivity index (χ3n) is 3.42. The number of nitrogens with one attached hydrogen (secondary N) is 1. The molecule has 0 aliphatic rings. The van der Waals surface area contributed by atoms with Crippen molar-refractivity contribution in [3.63, 3.8) is 0 Å². The number of carbonyl (C=O) groups is 1. The lowest BCUT2D eigenvalue weighted by Gasteiger charge is -2.07. The van der Waals surface area contributed by atoms with Crippen LogP contribution in [0.25, 0.3) is 0 Å². The molecule has 0 aromatic heterocycles. The zero-order valence-electron chi connectivity index (χ0n) is 21.4. The summed E-state index contributed by atoms with van der Waals surface area (Å²) in [5.74, 6) is 3.52. The minimum Gasteiger partial charge on any atom is -0.449 e. The number of hydrogen-bond donors (Lipinski definition) is 2. The molecule has 0 aromatic rings. The number of ether oxygens (including phenoxy) is 1.